The SMILES string of the molecule is CCC1(C(=O)NC2CCCc3c2cnn3C)CCCN1. The van der Waals surface area contributed by atoms with E-state index >= 15 is 0 Å². The molecule has 2 aliphatic rings. The Bertz CT molecular complexity index is 502. The molecule has 110 valence electrons. The molecule has 3 rings (SSSR count). The van der Waals surface area contributed by atoms with E-state index in [0.717, 1.165) is 45.1 Å². The molecular formula is C15H24N4O. The van der Waals surface area contributed by atoms with Gasteiger partial charge in [-0.15, -0.1) is 0 Å². The number of hydrogen-bond donors (Lipinski definition) is 2. The number of rotatable bonds is 3. The number of nitrogens with one attached hydrogen (secondary N) is 2. The molecule has 5 nitrogen and oxygen atoms in total. The maximum atomic E-state index is 12.7. The van der Waals surface area contributed by atoms with Crippen molar-refractivity contribution in [1.82, 2.24) is 20.4 Å². The molecule has 1 amide bonds. The normalized spacial score (nSPS) is 29.2. The summed E-state index contributed by atoms with van der Waals surface area (Å²) in [6, 6.07) is 0.130. The van der Waals surface area contributed by atoms with Gasteiger partial charge in [0.2, 0.25) is 5.91 Å². The monoisotopic (exact) mass is 276 g/mol. The van der Waals surface area contributed by atoms with Crippen molar-refractivity contribution < 1.29 is 4.79 Å². The summed E-state index contributed by atoms with van der Waals surface area (Å²) in [6.07, 6.45) is 8.00. The van der Waals surface area contributed by atoms with Crippen molar-refractivity contribution in [3.63, 3.8) is 0 Å². The van der Waals surface area contributed by atoms with Crippen molar-refractivity contribution in [2.45, 2.75) is 57.0 Å². The fourth-order valence-electron chi connectivity index (χ4n) is 3.61. The summed E-state index contributed by atoms with van der Waals surface area (Å²) in [5.41, 5.74) is 2.13. The lowest BCUT2D eigenvalue weighted by Crippen LogP contribution is -2.54. The zero-order valence-electron chi connectivity index (χ0n) is 12.4. The molecule has 5 heteroatoms. The molecule has 2 atom stereocenters. The summed E-state index contributed by atoms with van der Waals surface area (Å²) >= 11 is 0. The summed E-state index contributed by atoms with van der Waals surface area (Å²) in [4.78, 5) is 12.7. The average Bonchev–Trinajstić information content (AvgIpc) is 3.08. The molecule has 0 saturated carbocycles. The van der Waals surface area contributed by atoms with Crippen molar-refractivity contribution >= 4 is 5.91 Å². The molecule has 2 N–H and O–H groups in total. The lowest BCUT2D eigenvalue weighted by Gasteiger charge is -2.31. The largest absolute Gasteiger partial charge is 0.348 e. The van der Waals surface area contributed by atoms with Crippen LogP contribution in [0.15, 0.2) is 6.20 Å². The van der Waals surface area contributed by atoms with Crippen LogP contribution in [-0.4, -0.2) is 27.8 Å². The lowest BCUT2D eigenvalue weighted by atomic mass is 9.89. The van der Waals surface area contributed by atoms with Gasteiger partial charge in [0.05, 0.1) is 17.8 Å². The number of carbonyl (C=O) groups is 1. The van der Waals surface area contributed by atoms with Crippen molar-refractivity contribution in [3.8, 4) is 0 Å². The van der Waals surface area contributed by atoms with Gasteiger partial charge in [-0.25, -0.2) is 0 Å². The van der Waals surface area contributed by atoms with E-state index in [1.165, 1.54) is 11.3 Å². The molecule has 1 aliphatic heterocycles. The Morgan fingerprint density at radius 2 is 2.45 bits per heavy atom. The van der Waals surface area contributed by atoms with Gasteiger partial charge in [0, 0.05) is 18.3 Å². The second-order valence-electron chi connectivity index (χ2n) is 6.05. The molecule has 1 aromatic rings. The van der Waals surface area contributed by atoms with Crippen LogP contribution in [0.4, 0.5) is 0 Å². The minimum atomic E-state index is -0.347. The first-order valence-electron chi connectivity index (χ1n) is 7.73. The van der Waals surface area contributed by atoms with Gasteiger partial charge in [-0.3, -0.25) is 9.48 Å². The Labute approximate surface area is 120 Å². The molecule has 1 aromatic heterocycles. The van der Waals surface area contributed by atoms with Crippen molar-refractivity contribution in [3.05, 3.63) is 17.5 Å². The fraction of sp³-hybridized carbons (Fsp3) is 0.733. The molecule has 1 saturated heterocycles. The van der Waals surface area contributed by atoms with Crippen molar-refractivity contribution in [2.24, 2.45) is 7.05 Å². The third-order valence-electron chi connectivity index (χ3n) is 4.96. The minimum Gasteiger partial charge on any atom is -0.348 e. The van der Waals surface area contributed by atoms with Gasteiger partial charge >= 0.3 is 0 Å². The second-order valence-corrected chi connectivity index (χ2v) is 6.05. The highest BCUT2D eigenvalue weighted by atomic mass is 16.2. The van der Waals surface area contributed by atoms with Crippen LogP contribution in [0.2, 0.25) is 0 Å². The Balaban J connectivity index is 1.77. The number of fused-ring (bicyclic) bond motifs is 1. The second kappa shape index (κ2) is 5.20. The Kier molecular flexibility index (Phi) is 3.54. The van der Waals surface area contributed by atoms with Crippen molar-refractivity contribution in [1.29, 1.82) is 0 Å². The molecule has 1 aliphatic carbocycles. The van der Waals surface area contributed by atoms with Crippen molar-refractivity contribution in [2.75, 3.05) is 6.54 Å². The third-order valence-corrected chi connectivity index (χ3v) is 4.96. The lowest BCUT2D eigenvalue weighted by molar-refractivity contribution is -0.128. The highest BCUT2D eigenvalue weighted by Gasteiger charge is 2.40. The van der Waals surface area contributed by atoms with Crippen LogP contribution in [0.3, 0.4) is 0 Å². The molecular weight excluding hydrogens is 252 g/mol. The number of hydrogen-bond acceptors (Lipinski definition) is 3. The van der Waals surface area contributed by atoms with E-state index < -0.39 is 0 Å². The van der Waals surface area contributed by atoms with Crippen LogP contribution >= 0.6 is 0 Å². The smallest absolute Gasteiger partial charge is 0.240 e. The molecule has 1 fully saturated rings. The maximum absolute atomic E-state index is 12.7. The number of aryl methyl sites for hydroxylation is 1. The van der Waals surface area contributed by atoms with E-state index in [2.05, 4.69) is 22.7 Å². The van der Waals surface area contributed by atoms with E-state index in [1.54, 1.807) is 0 Å². The predicted molar refractivity (Wildman–Crippen MR) is 77.3 cm³/mol. The maximum Gasteiger partial charge on any atom is 0.240 e. The molecule has 0 bridgehead atoms. The zero-order chi connectivity index (χ0) is 14.2. The standard InChI is InChI=1S/C15H24N4O/c1-3-15(8-5-9-16-15)14(20)18-12-6-4-7-13-11(12)10-17-19(13)2/h10,12,16H,3-9H2,1-2H3,(H,18,20). The third kappa shape index (κ3) is 2.14. The van der Waals surface area contributed by atoms with Gasteiger partial charge in [0.15, 0.2) is 0 Å². The first kappa shape index (κ1) is 13.6. The van der Waals surface area contributed by atoms with Crippen LogP contribution in [0, 0.1) is 0 Å². The van der Waals surface area contributed by atoms with Crippen LogP contribution in [0.1, 0.15) is 56.3 Å². The molecule has 0 radical (unpaired) electrons. The van der Waals surface area contributed by atoms with Gasteiger partial charge in [0.25, 0.3) is 0 Å². The van der Waals surface area contributed by atoms with E-state index in [0.29, 0.717) is 0 Å². The first-order valence-corrected chi connectivity index (χ1v) is 7.73. The molecule has 2 unspecified atom stereocenters. The topological polar surface area (TPSA) is 59.0 Å². The van der Waals surface area contributed by atoms with Gasteiger partial charge in [-0.2, -0.15) is 5.10 Å². The van der Waals surface area contributed by atoms with E-state index in [9.17, 15) is 4.79 Å². The molecule has 0 aromatic carbocycles. The quantitative estimate of drug-likeness (QED) is 0.878. The number of aromatic nitrogens is 2. The Morgan fingerprint density at radius 3 is 3.15 bits per heavy atom. The van der Waals surface area contributed by atoms with Gasteiger partial charge < -0.3 is 10.6 Å². The summed E-state index contributed by atoms with van der Waals surface area (Å²) in [5, 5.41) is 11.0. The fourth-order valence-corrected chi connectivity index (χ4v) is 3.61. The minimum absolute atomic E-state index is 0.130. The number of carbonyl (C=O) groups excluding carboxylic acids is 1. The molecule has 20 heavy (non-hydrogen) atoms. The predicted octanol–water partition coefficient (Wildman–Crippen LogP) is 1.45. The van der Waals surface area contributed by atoms with E-state index in [-0.39, 0.29) is 17.5 Å². The van der Waals surface area contributed by atoms with Gasteiger partial charge in [-0.1, -0.05) is 6.92 Å². The molecule has 0 spiro atoms. The highest BCUT2D eigenvalue weighted by Crippen LogP contribution is 2.31. The highest BCUT2D eigenvalue weighted by molar-refractivity contribution is 5.87. The summed E-state index contributed by atoms with van der Waals surface area (Å²) in [7, 11) is 1.98. The summed E-state index contributed by atoms with van der Waals surface area (Å²) in [5.74, 6) is 0.166. The number of nitrogens with zero attached hydrogens (tertiary/aromatic N) is 2. The Morgan fingerprint density at radius 1 is 1.60 bits per heavy atom. The Hall–Kier alpha value is -1.36. The van der Waals surface area contributed by atoms with Crippen LogP contribution < -0.4 is 10.6 Å². The van der Waals surface area contributed by atoms with E-state index in [4.69, 9.17) is 0 Å². The van der Waals surface area contributed by atoms with Gasteiger partial charge in [0.1, 0.15) is 0 Å². The molecule has 2 heterocycles. The van der Waals surface area contributed by atoms with Crippen LogP contribution in [-0.2, 0) is 18.3 Å². The zero-order valence-corrected chi connectivity index (χ0v) is 12.4. The average molecular weight is 276 g/mol. The van der Waals surface area contributed by atoms with Gasteiger partial charge in [-0.05, 0) is 45.1 Å². The first-order chi connectivity index (χ1) is 9.66. The number of amides is 1. The van der Waals surface area contributed by atoms with Crippen LogP contribution in [0.5, 0.6) is 0 Å². The van der Waals surface area contributed by atoms with Crippen LogP contribution in [0.25, 0.3) is 0 Å². The van der Waals surface area contributed by atoms with E-state index in [1.807, 2.05) is 17.9 Å². The summed E-state index contributed by atoms with van der Waals surface area (Å²) < 4.78 is 1.94. The summed E-state index contributed by atoms with van der Waals surface area (Å²) in [6.45, 7) is 3.04.